The first kappa shape index (κ1) is 19.4. The highest BCUT2D eigenvalue weighted by Gasteiger charge is 2.32. The molecule has 8 heteroatoms. The van der Waals surface area contributed by atoms with Crippen molar-refractivity contribution in [1.82, 2.24) is 4.72 Å². The molecule has 7 nitrogen and oxygen atoms in total. The van der Waals surface area contributed by atoms with E-state index in [1.54, 1.807) is 24.3 Å². The third kappa shape index (κ3) is 5.81. The number of nitrogens with one attached hydrogen (secondary N) is 1. The fourth-order valence-corrected chi connectivity index (χ4v) is 3.35. The Kier molecular flexibility index (Phi) is 7.47. The molecule has 0 heterocycles. The lowest BCUT2D eigenvalue weighted by molar-refractivity contribution is -0.145. The van der Waals surface area contributed by atoms with Crippen LogP contribution in [0.25, 0.3) is 0 Å². The number of sulfonamides is 1. The van der Waals surface area contributed by atoms with Gasteiger partial charge in [-0.3, -0.25) is 4.79 Å². The molecule has 23 heavy (non-hydrogen) atoms. The van der Waals surface area contributed by atoms with Gasteiger partial charge in [-0.15, -0.1) is 0 Å². The Bertz CT molecular complexity index is 599. The third-order valence-electron chi connectivity index (χ3n) is 3.30. The van der Waals surface area contributed by atoms with Crippen molar-refractivity contribution in [3.05, 3.63) is 29.8 Å². The number of carbonyl (C=O) groups is 1. The minimum Gasteiger partial charge on any atom is -0.497 e. The van der Waals surface area contributed by atoms with Gasteiger partial charge in [0.1, 0.15) is 17.9 Å². The number of esters is 1. The summed E-state index contributed by atoms with van der Waals surface area (Å²) in [6, 6.07) is 4.92. The lowest BCUT2D eigenvalue weighted by Crippen LogP contribution is -2.46. The number of ether oxygens (including phenoxy) is 2. The van der Waals surface area contributed by atoms with Gasteiger partial charge >= 0.3 is 5.97 Å². The maximum absolute atomic E-state index is 12.0. The van der Waals surface area contributed by atoms with Crippen LogP contribution in [0.15, 0.2) is 24.3 Å². The SMILES string of the molecule is CCCCS(=O)(=O)NC(C(=O)OC)C(O)c1ccc(OC)cc1. The van der Waals surface area contributed by atoms with Crippen LogP contribution < -0.4 is 9.46 Å². The molecule has 2 unspecified atom stereocenters. The molecule has 0 radical (unpaired) electrons. The number of unbranched alkanes of at least 4 members (excludes halogenated alkanes) is 1. The van der Waals surface area contributed by atoms with Crippen molar-refractivity contribution in [2.75, 3.05) is 20.0 Å². The summed E-state index contributed by atoms with van der Waals surface area (Å²) in [4.78, 5) is 11.9. The average molecular weight is 345 g/mol. The highest BCUT2D eigenvalue weighted by molar-refractivity contribution is 7.89. The molecular weight excluding hydrogens is 322 g/mol. The molecule has 0 saturated carbocycles. The number of methoxy groups -OCH3 is 2. The number of benzene rings is 1. The van der Waals surface area contributed by atoms with Gasteiger partial charge in [0, 0.05) is 0 Å². The summed E-state index contributed by atoms with van der Waals surface area (Å²) in [6.45, 7) is 1.86. The Hall–Kier alpha value is -1.64. The van der Waals surface area contributed by atoms with Crippen molar-refractivity contribution in [2.24, 2.45) is 0 Å². The zero-order valence-electron chi connectivity index (χ0n) is 13.5. The van der Waals surface area contributed by atoms with Crippen LogP contribution in [-0.4, -0.2) is 45.5 Å². The second-order valence-electron chi connectivity index (χ2n) is 5.01. The van der Waals surface area contributed by atoms with Crippen LogP contribution in [0.2, 0.25) is 0 Å². The maximum Gasteiger partial charge on any atom is 0.326 e. The Labute approximate surface area is 136 Å². The summed E-state index contributed by atoms with van der Waals surface area (Å²) in [7, 11) is -1.06. The van der Waals surface area contributed by atoms with E-state index in [0.29, 0.717) is 24.2 Å². The number of hydrogen-bond acceptors (Lipinski definition) is 6. The summed E-state index contributed by atoms with van der Waals surface area (Å²) in [5.41, 5.74) is 0.374. The maximum atomic E-state index is 12.0. The molecule has 0 amide bonds. The molecule has 0 aliphatic heterocycles. The highest BCUT2D eigenvalue weighted by Crippen LogP contribution is 2.21. The van der Waals surface area contributed by atoms with E-state index in [-0.39, 0.29) is 5.75 Å². The van der Waals surface area contributed by atoms with Gasteiger partial charge in [-0.25, -0.2) is 8.42 Å². The largest absolute Gasteiger partial charge is 0.497 e. The predicted molar refractivity (Wildman–Crippen MR) is 85.6 cm³/mol. The fourth-order valence-electron chi connectivity index (χ4n) is 1.95. The standard InChI is InChI=1S/C15H23NO6S/c1-4-5-10-23(19,20)16-13(15(18)22-3)14(17)11-6-8-12(21-2)9-7-11/h6-9,13-14,16-17H,4-5,10H2,1-3H3. The summed E-state index contributed by atoms with van der Waals surface area (Å²) >= 11 is 0. The monoisotopic (exact) mass is 345 g/mol. The van der Waals surface area contributed by atoms with Crippen LogP contribution in [0.3, 0.4) is 0 Å². The van der Waals surface area contributed by atoms with Crippen molar-refractivity contribution in [3.8, 4) is 5.75 Å². The molecule has 0 saturated heterocycles. The second kappa shape index (κ2) is 8.85. The summed E-state index contributed by atoms with van der Waals surface area (Å²) in [6.07, 6.45) is -0.211. The van der Waals surface area contributed by atoms with Crippen LogP contribution in [0.1, 0.15) is 31.4 Å². The predicted octanol–water partition coefficient (Wildman–Crippen LogP) is 0.990. The number of carbonyl (C=O) groups excluding carboxylic acids is 1. The Morgan fingerprint density at radius 2 is 1.87 bits per heavy atom. The molecule has 0 fully saturated rings. The van der Waals surface area contributed by atoms with E-state index < -0.39 is 28.1 Å². The van der Waals surface area contributed by atoms with E-state index in [9.17, 15) is 18.3 Å². The van der Waals surface area contributed by atoms with Crippen molar-refractivity contribution >= 4 is 16.0 Å². The molecule has 0 bridgehead atoms. The summed E-state index contributed by atoms with van der Waals surface area (Å²) in [5, 5.41) is 10.4. The molecule has 1 aromatic carbocycles. The van der Waals surface area contributed by atoms with Gasteiger partial charge in [-0.05, 0) is 24.1 Å². The first-order valence-corrected chi connectivity index (χ1v) is 8.89. The van der Waals surface area contributed by atoms with Crippen molar-refractivity contribution in [1.29, 1.82) is 0 Å². The molecule has 0 aliphatic carbocycles. The van der Waals surface area contributed by atoms with Crippen LogP contribution >= 0.6 is 0 Å². The minimum atomic E-state index is -3.70. The molecule has 0 aliphatic rings. The molecule has 0 aromatic heterocycles. The highest BCUT2D eigenvalue weighted by atomic mass is 32.2. The Morgan fingerprint density at radius 1 is 1.26 bits per heavy atom. The number of aliphatic hydroxyl groups excluding tert-OH is 1. The number of rotatable bonds is 9. The van der Waals surface area contributed by atoms with Gasteiger partial charge in [-0.2, -0.15) is 4.72 Å². The Balaban J connectivity index is 2.98. The van der Waals surface area contributed by atoms with Gasteiger partial charge in [0.15, 0.2) is 0 Å². The van der Waals surface area contributed by atoms with Gasteiger partial charge in [-0.1, -0.05) is 25.5 Å². The van der Waals surface area contributed by atoms with Crippen LogP contribution in [0, 0.1) is 0 Å². The fraction of sp³-hybridized carbons (Fsp3) is 0.533. The van der Waals surface area contributed by atoms with Gasteiger partial charge < -0.3 is 14.6 Å². The van der Waals surface area contributed by atoms with E-state index in [1.807, 2.05) is 6.92 Å². The molecular formula is C15H23NO6S. The lowest BCUT2D eigenvalue weighted by Gasteiger charge is -2.22. The number of hydrogen-bond donors (Lipinski definition) is 2. The van der Waals surface area contributed by atoms with E-state index in [1.165, 1.54) is 7.11 Å². The lowest BCUT2D eigenvalue weighted by atomic mass is 10.0. The van der Waals surface area contributed by atoms with Gasteiger partial charge in [0.05, 0.1) is 20.0 Å². The zero-order chi connectivity index (χ0) is 17.5. The normalized spacial score (nSPS) is 14.1. The van der Waals surface area contributed by atoms with Crippen LogP contribution in [-0.2, 0) is 19.6 Å². The van der Waals surface area contributed by atoms with E-state index in [2.05, 4.69) is 9.46 Å². The summed E-state index contributed by atoms with van der Waals surface area (Å²) in [5.74, 6) is -0.390. The first-order valence-electron chi connectivity index (χ1n) is 7.24. The minimum absolute atomic E-state index is 0.119. The summed E-state index contributed by atoms with van der Waals surface area (Å²) < 4.78 is 35.9. The molecule has 2 atom stereocenters. The molecule has 1 rings (SSSR count). The third-order valence-corrected chi connectivity index (χ3v) is 4.74. The molecule has 130 valence electrons. The van der Waals surface area contributed by atoms with E-state index >= 15 is 0 Å². The molecule has 2 N–H and O–H groups in total. The van der Waals surface area contributed by atoms with Gasteiger partial charge in [0.2, 0.25) is 10.0 Å². The van der Waals surface area contributed by atoms with Crippen molar-refractivity contribution < 1.29 is 27.8 Å². The zero-order valence-corrected chi connectivity index (χ0v) is 14.3. The second-order valence-corrected chi connectivity index (χ2v) is 6.88. The van der Waals surface area contributed by atoms with E-state index in [0.717, 1.165) is 7.11 Å². The van der Waals surface area contributed by atoms with Crippen molar-refractivity contribution in [3.63, 3.8) is 0 Å². The quantitative estimate of drug-likeness (QED) is 0.647. The van der Waals surface area contributed by atoms with E-state index in [4.69, 9.17) is 4.74 Å². The van der Waals surface area contributed by atoms with Crippen molar-refractivity contribution in [2.45, 2.75) is 31.9 Å². The molecule has 1 aromatic rings. The Morgan fingerprint density at radius 3 is 2.35 bits per heavy atom. The first-order chi connectivity index (χ1) is 10.8. The topological polar surface area (TPSA) is 102 Å². The van der Waals surface area contributed by atoms with Crippen LogP contribution in [0.4, 0.5) is 0 Å². The molecule has 0 spiro atoms. The van der Waals surface area contributed by atoms with Gasteiger partial charge in [0.25, 0.3) is 0 Å². The van der Waals surface area contributed by atoms with Crippen LogP contribution in [0.5, 0.6) is 5.75 Å². The smallest absolute Gasteiger partial charge is 0.326 e. The number of aliphatic hydroxyl groups is 1. The average Bonchev–Trinajstić information content (AvgIpc) is 2.56.